The topological polar surface area (TPSA) is 48.5 Å². The molecule has 51 heavy (non-hydrogen) atoms. The van der Waals surface area contributed by atoms with Crippen molar-refractivity contribution in [3.8, 4) is 45.5 Å². The number of hydrogen-bond acceptors (Lipinski definition) is 3. The minimum absolute atomic E-state index is 0.640. The number of benzene rings is 7. The van der Waals surface area contributed by atoms with Crippen LogP contribution < -0.4 is 0 Å². The molecule has 240 valence electrons. The predicted molar refractivity (Wildman–Crippen MR) is 210 cm³/mol. The van der Waals surface area contributed by atoms with Gasteiger partial charge >= 0.3 is 0 Å². The number of aromatic nitrogens is 5. The minimum Gasteiger partial charge on any atom is -0.316 e. The van der Waals surface area contributed by atoms with E-state index >= 15 is 0 Å². The lowest BCUT2D eigenvalue weighted by molar-refractivity contribution is 1.07. The van der Waals surface area contributed by atoms with Gasteiger partial charge in [-0.2, -0.15) is 0 Å². The van der Waals surface area contributed by atoms with Gasteiger partial charge in [0.15, 0.2) is 17.5 Å². The molecule has 0 saturated carbocycles. The number of aryl methyl sites for hydroxylation is 1. The van der Waals surface area contributed by atoms with E-state index in [9.17, 15) is 0 Å². The lowest BCUT2D eigenvalue weighted by Gasteiger charge is -2.13. The van der Waals surface area contributed by atoms with Gasteiger partial charge in [0.25, 0.3) is 0 Å². The van der Waals surface area contributed by atoms with E-state index in [2.05, 4.69) is 125 Å². The lowest BCUT2D eigenvalue weighted by atomic mass is 10.0. The number of rotatable bonds is 5. The van der Waals surface area contributed by atoms with Crippen molar-refractivity contribution < 1.29 is 0 Å². The molecule has 0 aliphatic carbocycles. The fourth-order valence-corrected chi connectivity index (χ4v) is 7.54. The van der Waals surface area contributed by atoms with Gasteiger partial charge in [-0.3, -0.25) is 0 Å². The second kappa shape index (κ2) is 11.6. The minimum atomic E-state index is 0.640. The maximum absolute atomic E-state index is 5.06. The van der Waals surface area contributed by atoms with Crippen LogP contribution in [0, 0.1) is 6.92 Å². The monoisotopic (exact) mass is 653 g/mol. The molecule has 5 nitrogen and oxygen atoms in total. The quantitative estimate of drug-likeness (QED) is 0.186. The summed E-state index contributed by atoms with van der Waals surface area (Å²) in [4.78, 5) is 15.0. The second-order valence-electron chi connectivity index (χ2n) is 13.0. The number of nitrogens with zero attached hydrogens (tertiary/aromatic N) is 5. The average Bonchev–Trinajstić information content (AvgIpc) is 3.78. The molecule has 0 aliphatic heterocycles. The van der Waals surface area contributed by atoms with Crippen LogP contribution in [0.25, 0.3) is 89.0 Å². The molecular weight excluding hydrogens is 623 g/mol. The van der Waals surface area contributed by atoms with Gasteiger partial charge in [-0.05, 0) is 66.4 Å². The summed E-state index contributed by atoms with van der Waals surface area (Å²) in [6.45, 7) is 2.14. The summed E-state index contributed by atoms with van der Waals surface area (Å²) in [5.74, 6) is 1.94. The molecule has 10 aromatic rings. The van der Waals surface area contributed by atoms with Crippen molar-refractivity contribution in [3.63, 3.8) is 0 Å². The van der Waals surface area contributed by atoms with Crippen LogP contribution in [0.15, 0.2) is 170 Å². The van der Waals surface area contributed by atoms with Crippen molar-refractivity contribution in [1.82, 2.24) is 24.1 Å². The predicted octanol–water partition coefficient (Wildman–Crippen LogP) is 11.4. The highest BCUT2D eigenvalue weighted by molar-refractivity contribution is 6.27. The van der Waals surface area contributed by atoms with E-state index in [-0.39, 0.29) is 0 Å². The Kier molecular flexibility index (Phi) is 6.64. The van der Waals surface area contributed by atoms with Gasteiger partial charge in [0.2, 0.25) is 0 Å². The summed E-state index contributed by atoms with van der Waals surface area (Å²) in [5.41, 5.74) is 9.68. The maximum Gasteiger partial charge on any atom is 0.164 e. The third-order valence-electron chi connectivity index (χ3n) is 9.78. The molecule has 0 radical (unpaired) electrons. The van der Waals surface area contributed by atoms with Gasteiger partial charge in [-0.25, -0.2) is 15.0 Å². The summed E-state index contributed by atoms with van der Waals surface area (Å²) >= 11 is 0. The number of hydrogen-bond donors (Lipinski definition) is 0. The van der Waals surface area contributed by atoms with Crippen molar-refractivity contribution in [2.75, 3.05) is 0 Å². The summed E-state index contributed by atoms with van der Waals surface area (Å²) in [6, 6.07) is 57.5. The molecule has 0 atom stereocenters. The van der Waals surface area contributed by atoms with Crippen molar-refractivity contribution in [2.24, 2.45) is 0 Å². The van der Waals surface area contributed by atoms with E-state index in [1.807, 2.05) is 60.7 Å². The fourth-order valence-electron chi connectivity index (χ4n) is 7.54. The molecule has 5 heteroatoms. The van der Waals surface area contributed by atoms with Gasteiger partial charge in [-0.15, -0.1) is 0 Å². The zero-order valence-electron chi connectivity index (χ0n) is 27.9. The first-order valence-electron chi connectivity index (χ1n) is 17.2. The summed E-state index contributed by atoms with van der Waals surface area (Å²) in [6.07, 6.45) is 2.19. The van der Waals surface area contributed by atoms with Gasteiger partial charge in [0.05, 0.1) is 16.6 Å². The first kappa shape index (κ1) is 29.1. The van der Waals surface area contributed by atoms with Crippen LogP contribution in [0.1, 0.15) is 5.56 Å². The molecule has 10 rings (SSSR count). The smallest absolute Gasteiger partial charge is 0.164 e. The highest BCUT2D eigenvalue weighted by atomic mass is 15.0. The maximum atomic E-state index is 5.06. The molecule has 0 aliphatic rings. The molecule has 3 heterocycles. The summed E-state index contributed by atoms with van der Waals surface area (Å²) in [7, 11) is 0. The standard InChI is InChI=1S/C46H31N5/c1-30-27-35(46-48-44(33-13-5-2-6-14-33)47-45(49-46)34-15-7-3-8-16-34)29-37(28-30)51-39-20-12-11-19-38(39)42-40(51)24-23-31-21-22-32-25-26-50(43(32)41(31)42)36-17-9-4-10-18-36/h2-29H,1H3. The van der Waals surface area contributed by atoms with Crippen LogP contribution in [0.4, 0.5) is 0 Å². The highest BCUT2D eigenvalue weighted by Crippen LogP contribution is 2.41. The molecular formula is C46H31N5. The zero-order valence-corrected chi connectivity index (χ0v) is 27.9. The Morgan fingerprint density at radius 1 is 0.431 bits per heavy atom. The molecule has 0 saturated heterocycles. The Labute approximate surface area is 294 Å². The molecule has 0 amide bonds. The lowest BCUT2D eigenvalue weighted by Crippen LogP contribution is -2.01. The molecule has 0 bridgehead atoms. The normalized spacial score (nSPS) is 11.6. The van der Waals surface area contributed by atoms with Crippen molar-refractivity contribution in [1.29, 1.82) is 0 Å². The third-order valence-corrected chi connectivity index (χ3v) is 9.78. The molecule has 0 spiro atoms. The molecule has 3 aromatic heterocycles. The van der Waals surface area contributed by atoms with Crippen LogP contribution in [0.3, 0.4) is 0 Å². The van der Waals surface area contributed by atoms with Crippen LogP contribution in [0.2, 0.25) is 0 Å². The summed E-state index contributed by atoms with van der Waals surface area (Å²) < 4.78 is 4.72. The molecule has 0 N–H and O–H groups in total. The second-order valence-corrected chi connectivity index (χ2v) is 13.0. The Morgan fingerprint density at radius 3 is 1.73 bits per heavy atom. The Balaban J connectivity index is 1.24. The van der Waals surface area contributed by atoms with E-state index in [0.29, 0.717) is 17.5 Å². The van der Waals surface area contributed by atoms with Crippen LogP contribution in [-0.4, -0.2) is 24.1 Å². The largest absolute Gasteiger partial charge is 0.316 e. The van der Waals surface area contributed by atoms with E-state index in [0.717, 1.165) is 44.7 Å². The highest BCUT2D eigenvalue weighted by Gasteiger charge is 2.20. The average molecular weight is 654 g/mol. The zero-order chi connectivity index (χ0) is 33.9. The van der Waals surface area contributed by atoms with Gasteiger partial charge < -0.3 is 9.13 Å². The van der Waals surface area contributed by atoms with Gasteiger partial charge in [0, 0.05) is 55.8 Å². The van der Waals surface area contributed by atoms with E-state index in [1.54, 1.807) is 0 Å². The molecule has 0 fully saturated rings. The first-order valence-corrected chi connectivity index (χ1v) is 17.2. The van der Waals surface area contributed by atoms with Crippen LogP contribution in [-0.2, 0) is 0 Å². The Hall–Kier alpha value is -6.85. The third kappa shape index (κ3) is 4.82. The van der Waals surface area contributed by atoms with E-state index in [1.165, 1.54) is 32.4 Å². The first-order chi connectivity index (χ1) is 25.2. The van der Waals surface area contributed by atoms with Crippen molar-refractivity contribution in [3.05, 3.63) is 176 Å². The van der Waals surface area contributed by atoms with Gasteiger partial charge in [0.1, 0.15) is 0 Å². The van der Waals surface area contributed by atoms with Crippen LogP contribution in [0.5, 0.6) is 0 Å². The van der Waals surface area contributed by atoms with Gasteiger partial charge in [-0.1, -0.05) is 115 Å². The Bertz CT molecular complexity index is 2850. The fraction of sp³-hybridized carbons (Fsp3) is 0.0217. The van der Waals surface area contributed by atoms with E-state index < -0.39 is 0 Å². The van der Waals surface area contributed by atoms with Crippen molar-refractivity contribution >= 4 is 43.5 Å². The summed E-state index contributed by atoms with van der Waals surface area (Å²) in [5, 5.41) is 6.13. The number of para-hydroxylation sites is 2. The molecule has 0 unspecified atom stereocenters. The van der Waals surface area contributed by atoms with Crippen molar-refractivity contribution in [2.45, 2.75) is 6.92 Å². The SMILES string of the molecule is Cc1cc(-c2nc(-c3ccccc3)nc(-c3ccccc3)n2)cc(-n2c3ccccc3c3c4c(ccc5ccn(-c6ccccc6)c54)ccc32)c1. The van der Waals surface area contributed by atoms with Crippen LogP contribution >= 0.6 is 0 Å². The number of fused-ring (bicyclic) bond motifs is 7. The Morgan fingerprint density at radius 2 is 1.02 bits per heavy atom. The molecule has 7 aromatic carbocycles. The van der Waals surface area contributed by atoms with E-state index in [4.69, 9.17) is 15.0 Å².